The SMILES string of the molecule is COc1cc2ncc(C#N)c3c2cc1OCC/C=C\CCN1Cc2cc(F)c(Cl)cc2N31. The molecule has 0 fully saturated rings. The Morgan fingerprint density at radius 3 is 2.88 bits per heavy atom. The van der Waals surface area contributed by atoms with Gasteiger partial charge in [-0.2, -0.15) is 5.26 Å². The number of hydrazine groups is 1. The second-order valence-corrected chi connectivity index (χ2v) is 8.05. The van der Waals surface area contributed by atoms with E-state index in [1.807, 2.05) is 17.1 Å². The van der Waals surface area contributed by atoms with E-state index >= 15 is 0 Å². The number of pyridine rings is 1. The van der Waals surface area contributed by atoms with Gasteiger partial charge in [0.15, 0.2) is 11.5 Å². The smallest absolute Gasteiger partial charge is 0.162 e. The summed E-state index contributed by atoms with van der Waals surface area (Å²) in [5.74, 6) is 0.694. The van der Waals surface area contributed by atoms with Crippen molar-refractivity contribution in [3.63, 3.8) is 0 Å². The summed E-state index contributed by atoms with van der Waals surface area (Å²) in [5, 5.41) is 14.8. The van der Waals surface area contributed by atoms with E-state index < -0.39 is 5.82 Å². The summed E-state index contributed by atoms with van der Waals surface area (Å²) in [6.07, 6.45) is 7.29. The molecule has 0 N–H and O–H groups in total. The quantitative estimate of drug-likeness (QED) is 0.456. The minimum atomic E-state index is -0.456. The maximum atomic E-state index is 14.3. The van der Waals surface area contributed by atoms with Crippen LogP contribution in [0.2, 0.25) is 5.02 Å². The molecule has 5 rings (SSSR count). The zero-order chi connectivity index (χ0) is 22.2. The predicted octanol–water partition coefficient (Wildman–Crippen LogP) is 5.51. The fourth-order valence-corrected chi connectivity index (χ4v) is 4.38. The zero-order valence-electron chi connectivity index (χ0n) is 17.4. The first kappa shape index (κ1) is 20.6. The van der Waals surface area contributed by atoms with Gasteiger partial charge in [-0.3, -0.25) is 9.99 Å². The molecule has 0 saturated carbocycles. The van der Waals surface area contributed by atoms with Gasteiger partial charge in [-0.05, 0) is 36.6 Å². The summed E-state index contributed by atoms with van der Waals surface area (Å²) in [6, 6.07) is 9.03. The van der Waals surface area contributed by atoms with Crippen molar-refractivity contribution in [3.8, 4) is 17.6 Å². The molecule has 2 aliphatic heterocycles. The lowest BCUT2D eigenvalue weighted by molar-refractivity contribution is 0.298. The number of anilines is 2. The van der Waals surface area contributed by atoms with Gasteiger partial charge < -0.3 is 9.47 Å². The maximum Gasteiger partial charge on any atom is 0.162 e. The number of benzene rings is 2. The van der Waals surface area contributed by atoms with Crippen molar-refractivity contribution < 1.29 is 13.9 Å². The molecule has 0 unspecified atom stereocenters. The standard InChI is InChI=1S/C24H20ClFN4O2/c1-31-22-11-20-17-9-23(22)32-7-5-3-2-4-6-29-14-15-8-19(26)18(25)10-21(15)30(29)24(17)16(12-27)13-28-20/h2-3,8-11,13H,4-7,14H2,1H3/b3-2-. The van der Waals surface area contributed by atoms with Gasteiger partial charge in [0.05, 0.1) is 41.2 Å². The molecule has 0 atom stereocenters. The van der Waals surface area contributed by atoms with Crippen LogP contribution in [0.3, 0.4) is 0 Å². The van der Waals surface area contributed by atoms with Crippen LogP contribution in [0.4, 0.5) is 15.8 Å². The monoisotopic (exact) mass is 450 g/mol. The second kappa shape index (κ2) is 8.30. The number of hydrogen-bond donors (Lipinski definition) is 0. The number of ether oxygens (including phenoxy) is 2. The van der Waals surface area contributed by atoms with Gasteiger partial charge in [0, 0.05) is 30.7 Å². The lowest BCUT2D eigenvalue weighted by Crippen LogP contribution is -2.35. The normalized spacial score (nSPS) is 16.9. The van der Waals surface area contributed by atoms with Crippen molar-refractivity contribution in [1.29, 1.82) is 5.26 Å². The second-order valence-electron chi connectivity index (χ2n) is 7.64. The van der Waals surface area contributed by atoms with Gasteiger partial charge in [-0.15, -0.1) is 0 Å². The van der Waals surface area contributed by atoms with Crippen LogP contribution < -0.4 is 14.5 Å². The molecule has 6 nitrogen and oxygen atoms in total. The Bertz CT molecular complexity index is 1290. The van der Waals surface area contributed by atoms with Crippen LogP contribution in [-0.4, -0.2) is 30.3 Å². The van der Waals surface area contributed by atoms with Gasteiger partial charge in [0.2, 0.25) is 0 Å². The number of fused-ring (bicyclic) bond motifs is 5. The fraction of sp³-hybridized carbons (Fsp3) is 0.250. The Morgan fingerprint density at radius 1 is 1.22 bits per heavy atom. The average molecular weight is 451 g/mol. The summed E-state index contributed by atoms with van der Waals surface area (Å²) in [7, 11) is 1.58. The molecule has 8 heteroatoms. The van der Waals surface area contributed by atoms with Crippen LogP contribution in [-0.2, 0) is 6.54 Å². The summed E-state index contributed by atoms with van der Waals surface area (Å²) < 4.78 is 25.8. The fourth-order valence-electron chi connectivity index (χ4n) is 4.23. The van der Waals surface area contributed by atoms with E-state index in [0.29, 0.717) is 48.0 Å². The highest BCUT2D eigenvalue weighted by Crippen LogP contribution is 2.45. The molecular formula is C24H20ClFN4O2. The molecule has 0 aliphatic carbocycles. The number of halogens is 2. The van der Waals surface area contributed by atoms with E-state index in [-0.39, 0.29) is 5.02 Å². The summed E-state index contributed by atoms with van der Waals surface area (Å²) in [6.45, 7) is 1.69. The van der Waals surface area contributed by atoms with Crippen molar-refractivity contribution in [2.24, 2.45) is 0 Å². The Kier molecular flexibility index (Phi) is 5.33. The van der Waals surface area contributed by atoms with Gasteiger partial charge in [-0.25, -0.2) is 9.40 Å². The van der Waals surface area contributed by atoms with Crippen molar-refractivity contribution >= 4 is 33.9 Å². The van der Waals surface area contributed by atoms with E-state index in [9.17, 15) is 9.65 Å². The van der Waals surface area contributed by atoms with Crippen molar-refractivity contribution in [1.82, 2.24) is 9.99 Å². The van der Waals surface area contributed by atoms with Crippen LogP contribution in [0.15, 0.2) is 42.6 Å². The Hall–Kier alpha value is -3.34. The molecular weight excluding hydrogens is 431 g/mol. The van der Waals surface area contributed by atoms with Crippen LogP contribution in [0.1, 0.15) is 24.0 Å². The highest BCUT2D eigenvalue weighted by molar-refractivity contribution is 6.31. The molecule has 1 aromatic heterocycles. The van der Waals surface area contributed by atoms with E-state index in [0.717, 1.165) is 29.5 Å². The van der Waals surface area contributed by atoms with Crippen molar-refractivity contribution in [2.75, 3.05) is 25.3 Å². The van der Waals surface area contributed by atoms with Gasteiger partial charge >= 0.3 is 0 Å². The first-order valence-corrected chi connectivity index (χ1v) is 10.7. The summed E-state index contributed by atoms with van der Waals surface area (Å²) >= 11 is 6.16. The van der Waals surface area contributed by atoms with Gasteiger partial charge in [0.25, 0.3) is 0 Å². The topological polar surface area (TPSA) is 61.6 Å². The highest BCUT2D eigenvalue weighted by atomic mass is 35.5. The Balaban J connectivity index is 1.81. The maximum absolute atomic E-state index is 14.3. The number of nitriles is 1. The molecule has 2 aromatic carbocycles. The lowest BCUT2D eigenvalue weighted by Gasteiger charge is -2.32. The molecule has 3 aromatic rings. The summed E-state index contributed by atoms with van der Waals surface area (Å²) in [5.41, 5.74) is 3.28. The molecule has 32 heavy (non-hydrogen) atoms. The van der Waals surface area contributed by atoms with Crippen molar-refractivity contribution in [2.45, 2.75) is 19.4 Å². The largest absolute Gasteiger partial charge is 0.493 e. The van der Waals surface area contributed by atoms with E-state index in [4.69, 9.17) is 21.1 Å². The number of hydrogen-bond acceptors (Lipinski definition) is 6. The Morgan fingerprint density at radius 2 is 2.06 bits per heavy atom. The number of nitrogens with zero attached hydrogens (tertiary/aromatic N) is 4. The van der Waals surface area contributed by atoms with Crippen molar-refractivity contribution in [3.05, 3.63) is 64.6 Å². The van der Waals surface area contributed by atoms with E-state index in [1.54, 1.807) is 19.4 Å². The molecule has 2 bridgehead atoms. The third-order valence-electron chi connectivity index (χ3n) is 5.71. The van der Waals surface area contributed by atoms with Crippen LogP contribution in [0, 0.1) is 17.1 Å². The zero-order valence-corrected chi connectivity index (χ0v) is 18.2. The molecule has 3 heterocycles. The summed E-state index contributed by atoms with van der Waals surface area (Å²) in [4.78, 5) is 4.48. The van der Waals surface area contributed by atoms with Crippen LogP contribution in [0.25, 0.3) is 10.9 Å². The Labute approximate surface area is 190 Å². The first-order valence-electron chi connectivity index (χ1n) is 10.3. The molecule has 0 spiro atoms. The minimum Gasteiger partial charge on any atom is -0.493 e. The minimum absolute atomic E-state index is 0.0379. The first-order chi connectivity index (χ1) is 15.6. The third kappa shape index (κ3) is 3.42. The van der Waals surface area contributed by atoms with Crippen LogP contribution in [0.5, 0.6) is 11.5 Å². The average Bonchev–Trinajstić information content (AvgIpc) is 3.13. The third-order valence-corrected chi connectivity index (χ3v) is 5.99. The lowest BCUT2D eigenvalue weighted by atomic mass is 10.1. The molecule has 0 radical (unpaired) electrons. The van der Waals surface area contributed by atoms with Gasteiger partial charge in [0.1, 0.15) is 11.9 Å². The molecule has 0 saturated heterocycles. The van der Waals surface area contributed by atoms with Gasteiger partial charge in [-0.1, -0.05) is 23.8 Å². The van der Waals surface area contributed by atoms with E-state index in [2.05, 4.69) is 28.2 Å². The number of aromatic nitrogens is 1. The number of rotatable bonds is 1. The highest BCUT2D eigenvalue weighted by Gasteiger charge is 2.33. The number of methoxy groups -OCH3 is 1. The predicted molar refractivity (Wildman–Crippen MR) is 121 cm³/mol. The van der Waals surface area contributed by atoms with E-state index in [1.165, 1.54) is 6.07 Å². The molecule has 162 valence electrons. The molecule has 2 aliphatic rings. The van der Waals surface area contributed by atoms with Crippen LogP contribution >= 0.6 is 11.6 Å². The molecule has 0 amide bonds.